The van der Waals surface area contributed by atoms with E-state index in [1.54, 1.807) is 12.2 Å². The molecular formula is C12H18N4O2S. The van der Waals surface area contributed by atoms with E-state index in [2.05, 4.69) is 4.99 Å². The molecule has 1 rings (SSSR count). The van der Waals surface area contributed by atoms with Crippen molar-refractivity contribution in [3.8, 4) is 0 Å². The first-order valence-electron chi connectivity index (χ1n) is 5.72. The van der Waals surface area contributed by atoms with Crippen LogP contribution in [0, 0.1) is 0 Å². The minimum Gasteiger partial charge on any atom is -0.399 e. The van der Waals surface area contributed by atoms with Crippen LogP contribution >= 0.6 is 0 Å². The lowest BCUT2D eigenvalue weighted by Gasteiger charge is -2.18. The van der Waals surface area contributed by atoms with Gasteiger partial charge in [-0.25, -0.2) is 5.84 Å². The summed E-state index contributed by atoms with van der Waals surface area (Å²) in [6, 6.07) is 5.82. The van der Waals surface area contributed by atoms with Gasteiger partial charge in [0.25, 0.3) is 10.0 Å². The fourth-order valence-corrected chi connectivity index (χ4v) is 2.44. The lowest BCUT2D eigenvalue weighted by atomic mass is 10.3. The van der Waals surface area contributed by atoms with E-state index in [9.17, 15) is 8.42 Å². The number of allylic oxidation sites excluding steroid dienone is 1. The number of nitrogens with two attached hydrogens (primary N) is 2. The number of amidine groups is 1. The maximum Gasteiger partial charge on any atom is 0.278 e. The van der Waals surface area contributed by atoms with E-state index >= 15 is 0 Å². The van der Waals surface area contributed by atoms with Gasteiger partial charge in [0.05, 0.1) is 4.90 Å². The molecule has 0 unspecified atom stereocenters. The summed E-state index contributed by atoms with van der Waals surface area (Å²) in [5.41, 5.74) is 6.01. The predicted octanol–water partition coefficient (Wildman–Crippen LogP) is 1.13. The lowest BCUT2D eigenvalue weighted by Crippen LogP contribution is -2.41. The third-order valence-corrected chi connectivity index (χ3v) is 3.97. The van der Waals surface area contributed by atoms with Gasteiger partial charge in [0.2, 0.25) is 0 Å². The highest BCUT2D eigenvalue weighted by atomic mass is 32.2. The van der Waals surface area contributed by atoms with Crippen LogP contribution in [0.3, 0.4) is 0 Å². The Balaban J connectivity index is 3.12. The zero-order valence-electron chi connectivity index (χ0n) is 10.9. The average molecular weight is 282 g/mol. The molecule has 104 valence electrons. The summed E-state index contributed by atoms with van der Waals surface area (Å²) in [5.74, 6) is 5.81. The number of hydrazine groups is 1. The van der Waals surface area contributed by atoms with E-state index in [4.69, 9.17) is 11.6 Å². The van der Waals surface area contributed by atoms with Gasteiger partial charge in [0.15, 0.2) is 5.84 Å². The van der Waals surface area contributed by atoms with Crippen molar-refractivity contribution >= 4 is 21.5 Å². The van der Waals surface area contributed by atoms with Gasteiger partial charge in [-0.05, 0) is 36.8 Å². The molecule has 19 heavy (non-hydrogen) atoms. The number of nitrogen functional groups attached to an aromatic ring is 1. The zero-order chi connectivity index (χ0) is 14.5. The van der Waals surface area contributed by atoms with Crippen molar-refractivity contribution in [2.24, 2.45) is 10.8 Å². The van der Waals surface area contributed by atoms with Crippen LogP contribution in [0.4, 0.5) is 5.69 Å². The normalized spacial score (nSPS) is 12.9. The van der Waals surface area contributed by atoms with Crippen molar-refractivity contribution in [3.05, 3.63) is 36.4 Å². The SMILES string of the molecule is CC/C=C\C(=NC)N(N)S(=O)(=O)c1ccc(N)cc1. The topological polar surface area (TPSA) is 102 Å². The van der Waals surface area contributed by atoms with Crippen LogP contribution in [0.2, 0.25) is 0 Å². The number of rotatable bonds is 4. The summed E-state index contributed by atoms with van der Waals surface area (Å²) in [6.45, 7) is 1.93. The number of anilines is 1. The molecule has 0 heterocycles. The van der Waals surface area contributed by atoms with E-state index in [-0.39, 0.29) is 10.7 Å². The Hall–Kier alpha value is -1.86. The van der Waals surface area contributed by atoms with Crippen LogP contribution in [-0.4, -0.2) is 25.7 Å². The molecule has 4 N–H and O–H groups in total. The van der Waals surface area contributed by atoms with E-state index in [1.165, 1.54) is 31.3 Å². The smallest absolute Gasteiger partial charge is 0.278 e. The van der Waals surface area contributed by atoms with Crippen LogP contribution in [0.1, 0.15) is 13.3 Å². The molecule has 1 aromatic carbocycles. The summed E-state index contributed by atoms with van der Waals surface area (Å²) >= 11 is 0. The zero-order valence-corrected chi connectivity index (χ0v) is 11.8. The Morgan fingerprint density at radius 1 is 1.37 bits per heavy atom. The molecule has 0 bridgehead atoms. The first kappa shape index (κ1) is 15.2. The summed E-state index contributed by atoms with van der Waals surface area (Å²) in [4.78, 5) is 3.93. The standard InChI is InChI=1S/C12H18N4O2S/c1-3-4-5-12(15-2)16(14)19(17,18)11-8-6-10(13)7-9-11/h4-9H,3,13-14H2,1-2H3/b5-4-,15-12?. The minimum atomic E-state index is -3.82. The van der Waals surface area contributed by atoms with Gasteiger partial charge in [0, 0.05) is 12.7 Å². The summed E-state index contributed by atoms with van der Waals surface area (Å²) in [6.07, 6.45) is 4.10. The van der Waals surface area contributed by atoms with Crippen molar-refractivity contribution < 1.29 is 8.42 Å². The number of nitrogens with zero attached hydrogens (tertiary/aromatic N) is 2. The largest absolute Gasteiger partial charge is 0.399 e. The van der Waals surface area contributed by atoms with Crippen molar-refractivity contribution in [2.75, 3.05) is 12.8 Å². The maximum atomic E-state index is 12.3. The van der Waals surface area contributed by atoms with Crippen LogP contribution < -0.4 is 11.6 Å². The Bertz CT molecular complexity index is 576. The summed E-state index contributed by atoms with van der Waals surface area (Å²) in [5, 5.41) is 0. The monoisotopic (exact) mass is 282 g/mol. The highest BCUT2D eigenvalue weighted by molar-refractivity contribution is 7.89. The Labute approximate surface area is 113 Å². The number of benzene rings is 1. The van der Waals surface area contributed by atoms with Gasteiger partial charge in [0.1, 0.15) is 0 Å². The molecule has 0 amide bonds. The quantitative estimate of drug-likeness (QED) is 0.284. The molecule has 1 aromatic rings. The Kier molecular flexibility index (Phi) is 5.08. The Morgan fingerprint density at radius 2 is 1.95 bits per heavy atom. The third-order valence-electron chi connectivity index (χ3n) is 2.39. The number of hydrogen-bond acceptors (Lipinski definition) is 5. The number of hydrogen-bond donors (Lipinski definition) is 2. The van der Waals surface area contributed by atoms with E-state index < -0.39 is 10.0 Å². The molecule has 0 aromatic heterocycles. The third kappa shape index (κ3) is 3.55. The highest BCUT2D eigenvalue weighted by Crippen LogP contribution is 2.15. The first-order valence-corrected chi connectivity index (χ1v) is 7.16. The van der Waals surface area contributed by atoms with Gasteiger partial charge in [-0.2, -0.15) is 12.8 Å². The molecule has 0 aliphatic carbocycles. The Morgan fingerprint density at radius 3 is 2.42 bits per heavy atom. The predicted molar refractivity (Wildman–Crippen MR) is 76.9 cm³/mol. The average Bonchev–Trinajstić information content (AvgIpc) is 2.39. The molecule has 0 aliphatic rings. The van der Waals surface area contributed by atoms with Crippen molar-refractivity contribution in [1.82, 2.24) is 4.41 Å². The summed E-state index contributed by atoms with van der Waals surface area (Å²) in [7, 11) is -2.34. The fraction of sp³-hybridized carbons (Fsp3) is 0.250. The van der Waals surface area contributed by atoms with Gasteiger partial charge in [-0.15, -0.1) is 0 Å². The molecule has 0 fully saturated rings. The highest BCUT2D eigenvalue weighted by Gasteiger charge is 2.23. The molecular weight excluding hydrogens is 264 g/mol. The lowest BCUT2D eigenvalue weighted by molar-refractivity contribution is 0.533. The van der Waals surface area contributed by atoms with Crippen LogP contribution in [0.5, 0.6) is 0 Å². The van der Waals surface area contributed by atoms with Crippen LogP contribution in [0.15, 0.2) is 46.3 Å². The van der Waals surface area contributed by atoms with E-state index in [1.807, 2.05) is 6.92 Å². The minimum absolute atomic E-state index is 0.0650. The van der Waals surface area contributed by atoms with Crippen LogP contribution in [0.25, 0.3) is 0 Å². The molecule has 0 atom stereocenters. The van der Waals surface area contributed by atoms with Gasteiger partial charge in [-0.3, -0.25) is 4.99 Å². The van der Waals surface area contributed by atoms with Crippen molar-refractivity contribution in [2.45, 2.75) is 18.2 Å². The second kappa shape index (κ2) is 6.35. The molecule has 0 saturated carbocycles. The van der Waals surface area contributed by atoms with Gasteiger partial charge in [-0.1, -0.05) is 13.0 Å². The van der Waals surface area contributed by atoms with Gasteiger partial charge >= 0.3 is 0 Å². The second-order valence-corrected chi connectivity index (χ2v) is 5.58. The van der Waals surface area contributed by atoms with Gasteiger partial charge < -0.3 is 5.73 Å². The first-order chi connectivity index (χ1) is 8.93. The maximum absolute atomic E-state index is 12.3. The molecule has 7 heteroatoms. The summed E-state index contributed by atoms with van der Waals surface area (Å²) < 4.78 is 25.2. The van der Waals surface area contributed by atoms with Crippen LogP contribution in [-0.2, 0) is 10.0 Å². The van der Waals surface area contributed by atoms with Crippen molar-refractivity contribution in [1.29, 1.82) is 0 Å². The van der Waals surface area contributed by atoms with Crippen molar-refractivity contribution in [3.63, 3.8) is 0 Å². The second-order valence-electron chi connectivity index (χ2n) is 3.76. The molecule has 6 nitrogen and oxygen atoms in total. The molecule has 0 spiro atoms. The molecule has 0 saturated heterocycles. The number of aliphatic imine (C=N–C) groups is 1. The van der Waals surface area contributed by atoms with E-state index in [0.717, 1.165) is 6.42 Å². The number of sulfonamides is 1. The molecule has 0 radical (unpaired) electrons. The molecule has 0 aliphatic heterocycles. The van der Waals surface area contributed by atoms with E-state index in [0.29, 0.717) is 10.1 Å². The fourth-order valence-electron chi connectivity index (χ4n) is 1.35.